The Balaban J connectivity index is 0.00000288. The van der Waals surface area contributed by atoms with E-state index in [1.54, 1.807) is 25.7 Å². The number of nitrogens with zero attached hydrogens (tertiary/aromatic N) is 3. The topological polar surface area (TPSA) is 88.6 Å². The summed E-state index contributed by atoms with van der Waals surface area (Å²) in [6.45, 7) is 4.73. The van der Waals surface area contributed by atoms with E-state index in [0.29, 0.717) is 25.2 Å². The molecule has 1 aromatic heterocycles. The summed E-state index contributed by atoms with van der Waals surface area (Å²) in [4.78, 5) is 13.7. The predicted octanol–water partition coefficient (Wildman–Crippen LogP) is 0.897. The Morgan fingerprint density at radius 2 is 1.96 bits per heavy atom. The monoisotopic (exact) mass is 378 g/mol. The molecule has 0 aromatic carbocycles. The Morgan fingerprint density at radius 1 is 1.38 bits per heavy atom. The number of sulfonamides is 1. The van der Waals surface area contributed by atoms with Crippen molar-refractivity contribution in [1.82, 2.24) is 13.8 Å². The summed E-state index contributed by atoms with van der Waals surface area (Å²) in [7, 11) is 1.32. The molecule has 24 heavy (non-hydrogen) atoms. The highest BCUT2D eigenvalue weighted by Crippen LogP contribution is 2.31. The van der Waals surface area contributed by atoms with Gasteiger partial charge >= 0.3 is 0 Å². The number of piperidine rings is 1. The van der Waals surface area contributed by atoms with Crippen LogP contribution in [0.3, 0.4) is 0 Å². The number of nitrogens with two attached hydrogens (primary N) is 1. The van der Waals surface area contributed by atoms with Crippen LogP contribution in [0.1, 0.15) is 30.8 Å². The molecule has 0 saturated carbocycles. The molecular formula is C15H27ClN4O3S. The quantitative estimate of drug-likeness (QED) is 0.846. The molecule has 1 aliphatic heterocycles. The molecule has 0 aliphatic carbocycles. The summed E-state index contributed by atoms with van der Waals surface area (Å²) in [5, 5.41) is 0. The Kier molecular flexibility index (Phi) is 6.14. The van der Waals surface area contributed by atoms with Crippen LogP contribution in [-0.2, 0) is 17.1 Å². The van der Waals surface area contributed by atoms with Crippen LogP contribution in [-0.4, -0.2) is 61.3 Å². The van der Waals surface area contributed by atoms with Crippen LogP contribution in [0.2, 0.25) is 0 Å². The lowest BCUT2D eigenvalue weighted by atomic mass is 9.81. The standard InChI is InChI=1S/C15H26N4O3S.ClH/c1-15(2)10-19(7-6-13(15)16)23(21,22)11-8-12(18(5)9-11)14(20)17(3)4;/h8-9,13H,6-7,10,16H2,1-5H3;1H. The molecule has 2 rings (SSSR count). The molecule has 1 aliphatic rings. The van der Waals surface area contributed by atoms with Crippen molar-refractivity contribution in [2.45, 2.75) is 31.2 Å². The number of aromatic nitrogens is 1. The fraction of sp³-hybridized carbons (Fsp3) is 0.667. The zero-order valence-corrected chi connectivity index (χ0v) is 16.4. The number of hydrogen-bond donors (Lipinski definition) is 1. The van der Waals surface area contributed by atoms with Gasteiger partial charge in [0.15, 0.2) is 0 Å². The normalized spacial score (nSPS) is 21.2. The minimum Gasteiger partial charge on any atom is -0.345 e. The third-order valence-corrected chi connectivity index (χ3v) is 6.33. The minimum atomic E-state index is -3.63. The molecule has 9 heteroatoms. The Hall–Kier alpha value is -1.09. The summed E-state index contributed by atoms with van der Waals surface area (Å²) in [6.07, 6.45) is 2.12. The van der Waals surface area contributed by atoms with Crippen molar-refractivity contribution in [3.05, 3.63) is 18.0 Å². The van der Waals surface area contributed by atoms with Gasteiger partial charge in [0.1, 0.15) is 10.6 Å². The van der Waals surface area contributed by atoms with Crippen molar-refractivity contribution in [2.24, 2.45) is 18.2 Å². The van der Waals surface area contributed by atoms with Gasteiger partial charge in [-0.25, -0.2) is 8.42 Å². The van der Waals surface area contributed by atoms with Crippen molar-refractivity contribution < 1.29 is 13.2 Å². The summed E-state index contributed by atoms with van der Waals surface area (Å²) < 4.78 is 28.8. The van der Waals surface area contributed by atoms with Gasteiger partial charge in [0, 0.05) is 46.5 Å². The van der Waals surface area contributed by atoms with E-state index in [0.717, 1.165) is 0 Å². The molecule has 1 atom stereocenters. The van der Waals surface area contributed by atoms with Gasteiger partial charge in [-0.3, -0.25) is 4.79 Å². The van der Waals surface area contributed by atoms with Crippen LogP contribution in [0.15, 0.2) is 17.2 Å². The first-order valence-electron chi connectivity index (χ1n) is 7.60. The molecule has 0 bridgehead atoms. The number of carbonyl (C=O) groups is 1. The van der Waals surface area contributed by atoms with Gasteiger partial charge in [0.2, 0.25) is 10.0 Å². The molecule has 1 amide bonds. The first-order chi connectivity index (χ1) is 10.5. The van der Waals surface area contributed by atoms with E-state index < -0.39 is 10.0 Å². The molecule has 1 unspecified atom stereocenters. The molecule has 138 valence electrons. The second-order valence-corrected chi connectivity index (χ2v) is 9.03. The van der Waals surface area contributed by atoms with Gasteiger partial charge in [-0.1, -0.05) is 13.8 Å². The second kappa shape index (κ2) is 7.03. The smallest absolute Gasteiger partial charge is 0.269 e. The minimum absolute atomic E-state index is 0. The van der Waals surface area contributed by atoms with Gasteiger partial charge in [-0.15, -0.1) is 12.4 Å². The lowest BCUT2D eigenvalue weighted by molar-refractivity contribution is 0.0818. The summed E-state index contributed by atoms with van der Waals surface area (Å²) in [5.74, 6) is -0.227. The maximum Gasteiger partial charge on any atom is 0.269 e. The van der Waals surface area contributed by atoms with E-state index in [2.05, 4.69) is 0 Å². The van der Waals surface area contributed by atoms with Crippen molar-refractivity contribution in [2.75, 3.05) is 27.2 Å². The van der Waals surface area contributed by atoms with Crippen LogP contribution < -0.4 is 5.73 Å². The van der Waals surface area contributed by atoms with E-state index >= 15 is 0 Å². The fourth-order valence-electron chi connectivity index (χ4n) is 2.80. The van der Waals surface area contributed by atoms with E-state index in [4.69, 9.17) is 5.73 Å². The lowest BCUT2D eigenvalue weighted by Gasteiger charge is -2.41. The SMILES string of the molecule is CN(C)C(=O)c1cc(S(=O)(=O)N2CCC(N)C(C)(C)C2)cn1C.Cl. The Bertz CT molecular complexity index is 712. The molecular weight excluding hydrogens is 352 g/mol. The fourth-order valence-corrected chi connectivity index (χ4v) is 4.49. The Labute approximate surface area is 150 Å². The average Bonchev–Trinajstić information content (AvgIpc) is 2.83. The summed E-state index contributed by atoms with van der Waals surface area (Å²) >= 11 is 0. The maximum absolute atomic E-state index is 12.9. The van der Waals surface area contributed by atoms with Crippen LogP contribution in [0.25, 0.3) is 0 Å². The van der Waals surface area contributed by atoms with Crippen molar-refractivity contribution in [3.8, 4) is 0 Å². The van der Waals surface area contributed by atoms with E-state index in [1.165, 1.54) is 21.5 Å². The van der Waals surface area contributed by atoms with E-state index in [-0.39, 0.29) is 34.7 Å². The van der Waals surface area contributed by atoms with E-state index in [1.807, 2.05) is 13.8 Å². The highest BCUT2D eigenvalue weighted by atomic mass is 35.5. The largest absolute Gasteiger partial charge is 0.345 e. The third-order valence-electron chi connectivity index (χ3n) is 4.52. The molecule has 7 nitrogen and oxygen atoms in total. The van der Waals surface area contributed by atoms with Crippen molar-refractivity contribution in [1.29, 1.82) is 0 Å². The average molecular weight is 379 g/mol. The number of hydrogen-bond acceptors (Lipinski definition) is 4. The highest BCUT2D eigenvalue weighted by Gasteiger charge is 2.39. The van der Waals surface area contributed by atoms with Gasteiger partial charge in [0.05, 0.1) is 0 Å². The zero-order valence-electron chi connectivity index (χ0n) is 14.8. The van der Waals surface area contributed by atoms with Gasteiger partial charge in [-0.05, 0) is 17.9 Å². The number of rotatable bonds is 3. The van der Waals surface area contributed by atoms with E-state index in [9.17, 15) is 13.2 Å². The second-order valence-electron chi connectivity index (χ2n) is 7.09. The highest BCUT2D eigenvalue weighted by molar-refractivity contribution is 7.89. The number of aryl methyl sites for hydroxylation is 1. The van der Waals surface area contributed by atoms with Crippen molar-refractivity contribution in [3.63, 3.8) is 0 Å². The number of amides is 1. The first-order valence-corrected chi connectivity index (χ1v) is 9.04. The molecule has 0 radical (unpaired) electrons. The molecule has 2 heterocycles. The first kappa shape index (κ1) is 21.0. The van der Waals surface area contributed by atoms with Gasteiger partial charge < -0.3 is 15.2 Å². The van der Waals surface area contributed by atoms with Crippen LogP contribution >= 0.6 is 12.4 Å². The zero-order chi connectivity index (χ0) is 17.6. The van der Waals surface area contributed by atoms with Crippen LogP contribution in [0.5, 0.6) is 0 Å². The molecule has 0 spiro atoms. The van der Waals surface area contributed by atoms with Crippen molar-refractivity contribution >= 4 is 28.3 Å². The molecule has 1 aromatic rings. The molecule has 1 saturated heterocycles. The number of halogens is 1. The predicted molar refractivity (Wildman–Crippen MR) is 95.8 cm³/mol. The summed E-state index contributed by atoms with van der Waals surface area (Å²) in [6, 6.07) is 1.43. The van der Waals surface area contributed by atoms with Gasteiger partial charge in [-0.2, -0.15) is 4.31 Å². The Morgan fingerprint density at radius 3 is 2.46 bits per heavy atom. The lowest BCUT2D eigenvalue weighted by Crippen LogP contribution is -2.53. The molecule has 2 N–H and O–H groups in total. The maximum atomic E-state index is 12.9. The van der Waals surface area contributed by atoms with Crippen LogP contribution in [0, 0.1) is 5.41 Å². The summed E-state index contributed by atoms with van der Waals surface area (Å²) in [5.41, 5.74) is 6.16. The molecule has 1 fully saturated rings. The number of carbonyl (C=O) groups excluding carboxylic acids is 1. The third kappa shape index (κ3) is 3.77. The van der Waals surface area contributed by atoms with Crippen LogP contribution in [0.4, 0.5) is 0 Å². The van der Waals surface area contributed by atoms with Gasteiger partial charge in [0.25, 0.3) is 5.91 Å².